The van der Waals surface area contributed by atoms with Gasteiger partial charge in [-0.05, 0) is 0 Å². The number of rotatable bonds is 0. The molecule has 40 valence electrons. The van der Waals surface area contributed by atoms with E-state index in [4.69, 9.17) is 0 Å². The van der Waals surface area contributed by atoms with Gasteiger partial charge in [-0.1, -0.05) is 6.92 Å². The molecule has 0 saturated heterocycles. The van der Waals surface area contributed by atoms with Crippen LogP contribution in [0.2, 0.25) is 0 Å². The van der Waals surface area contributed by atoms with Crippen LogP contribution >= 0.6 is 0 Å². The van der Waals surface area contributed by atoms with Crippen molar-refractivity contribution in [2.45, 2.75) is 6.92 Å². The van der Waals surface area contributed by atoms with Gasteiger partial charge in [0, 0.05) is 0 Å². The molecule has 0 amide bonds. The molecular formula is C5H11N2+. The van der Waals surface area contributed by atoms with Gasteiger partial charge in [0.05, 0.1) is 19.5 Å². The molecule has 0 aromatic heterocycles. The Morgan fingerprint density at radius 1 is 1.86 bits per heavy atom. The Kier molecular flexibility index (Phi) is 1.01. The molecule has 1 heterocycles. The Hall–Kier alpha value is -0.530. The first-order valence-electron chi connectivity index (χ1n) is 2.59. The normalized spacial score (nSPS) is 29.4. The topological polar surface area (TPSA) is 17.2 Å². The van der Waals surface area contributed by atoms with Crippen LogP contribution in [0.4, 0.5) is 0 Å². The predicted octanol–water partition coefficient (Wildman–Crippen LogP) is -1.37. The summed E-state index contributed by atoms with van der Waals surface area (Å²) in [4.78, 5) is 0. The fourth-order valence-corrected chi connectivity index (χ4v) is 0.792. The van der Waals surface area contributed by atoms with Crippen molar-refractivity contribution in [1.82, 2.24) is 5.01 Å². The van der Waals surface area contributed by atoms with Gasteiger partial charge in [-0.2, -0.15) is 5.01 Å². The number of nitrogens with one attached hydrogen (secondary N) is 1. The SMILES string of the molecule is CC1C=[NH+]N(C)C1. The largest absolute Gasteiger partial charge is 0.191 e. The summed E-state index contributed by atoms with van der Waals surface area (Å²) in [6, 6.07) is 0. The van der Waals surface area contributed by atoms with E-state index in [1.807, 2.05) is 7.05 Å². The molecule has 2 nitrogen and oxygen atoms in total. The van der Waals surface area contributed by atoms with Gasteiger partial charge in [0.1, 0.15) is 0 Å². The summed E-state index contributed by atoms with van der Waals surface area (Å²) in [5.41, 5.74) is 0. The third-order valence-electron chi connectivity index (χ3n) is 1.14. The van der Waals surface area contributed by atoms with Crippen LogP contribution in [0.15, 0.2) is 0 Å². The quantitative estimate of drug-likeness (QED) is 0.397. The van der Waals surface area contributed by atoms with Crippen LogP contribution in [-0.4, -0.2) is 24.8 Å². The molecule has 0 radical (unpaired) electrons. The van der Waals surface area contributed by atoms with Crippen LogP contribution in [-0.2, 0) is 0 Å². The van der Waals surface area contributed by atoms with Crippen LogP contribution in [0, 0.1) is 5.92 Å². The summed E-state index contributed by atoms with van der Waals surface area (Å²) in [7, 11) is 2.04. The second-order valence-electron chi connectivity index (χ2n) is 2.15. The van der Waals surface area contributed by atoms with Gasteiger partial charge in [-0.15, -0.1) is 5.10 Å². The first-order valence-corrected chi connectivity index (χ1v) is 2.59. The van der Waals surface area contributed by atoms with E-state index in [-0.39, 0.29) is 0 Å². The maximum absolute atomic E-state index is 3.08. The van der Waals surface area contributed by atoms with Crippen LogP contribution in [0.25, 0.3) is 0 Å². The lowest BCUT2D eigenvalue weighted by Gasteiger charge is -1.96. The lowest BCUT2D eigenvalue weighted by atomic mass is 10.2. The summed E-state index contributed by atoms with van der Waals surface area (Å²) >= 11 is 0. The van der Waals surface area contributed by atoms with Gasteiger partial charge in [0.15, 0.2) is 6.21 Å². The van der Waals surface area contributed by atoms with Crippen molar-refractivity contribution in [2.75, 3.05) is 13.6 Å². The van der Waals surface area contributed by atoms with E-state index >= 15 is 0 Å². The van der Waals surface area contributed by atoms with Gasteiger partial charge in [0.25, 0.3) is 0 Å². The first kappa shape index (κ1) is 4.62. The standard InChI is InChI=1S/C5H10N2/c1-5-3-6-7(2)4-5/h3,5H,4H2,1-2H3/p+1. The molecule has 1 unspecified atom stereocenters. The summed E-state index contributed by atoms with van der Waals surface area (Å²) in [5, 5.41) is 5.15. The highest BCUT2D eigenvalue weighted by Gasteiger charge is 2.13. The zero-order valence-electron chi connectivity index (χ0n) is 4.81. The lowest BCUT2D eigenvalue weighted by molar-refractivity contribution is -0.623. The minimum atomic E-state index is 0.713. The lowest BCUT2D eigenvalue weighted by Crippen LogP contribution is -2.76. The van der Waals surface area contributed by atoms with Crippen molar-refractivity contribution in [1.29, 1.82) is 0 Å². The maximum Gasteiger partial charge on any atom is 0.172 e. The van der Waals surface area contributed by atoms with E-state index < -0.39 is 0 Å². The van der Waals surface area contributed by atoms with E-state index in [1.54, 1.807) is 0 Å². The van der Waals surface area contributed by atoms with E-state index in [1.165, 1.54) is 0 Å². The Morgan fingerprint density at radius 2 is 2.57 bits per heavy atom. The molecule has 0 aromatic carbocycles. The molecule has 0 fully saturated rings. The number of nitrogens with zero attached hydrogens (tertiary/aromatic N) is 1. The van der Waals surface area contributed by atoms with Crippen LogP contribution < -0.4 is 5.10 Å². The molecule has 1 rings (SSSR count). The van der Waals surface area contributed by atoms with E-state index in [0.717, 1.165) is 6.54 Å². The van der Waals surface area contributed by atoms with E-state index in [9.17, 15) is 0 Å². The van der Waals surface area contributed by atoms with Crippen molar-refractivity contribution >= 4 is 6.21 Å². The van der Waals surface area contributed by atoms with Crippen LogP contribution in [0.5, 0.6) is 0 Å². The van der Waals surface area contributed by atoms with Gasteiger partial charge in [0.2, 0.25) is 0 Å². The molecule has 0 saturated carbocycles. The highest BCUT2D eigenvalue weighted by Crippen LogP contribution is 1.89. The average Bonchev–Trinajstić information content (AvgIpc) is 1.87. The summed E-state index contributed by atoms with van der Waals surface area (Å²) in [6.07, 6.45) is 2.10. The molecule has 2 heteroatoms. The Labute approximate surface area is 43.8 Å². The van der Waals surface area contributed by atoms with E-state index in [2.05, 4.69) is 23.2 Å². The highest BCUT2D eigenvalue weighted by atomic mass is 15.4. The molecule has 0 spiro atoms. The predicted molar refractivity (Wildman–Crippen MR) is 28.8 cm³/mol. The van der Waals surface area contributed by atoms with Crippen molar-refractivity contribution in [3.63, 3.8) is 0 Å². The fourth-order valence-electron chi connectivity index (χ4n) is 0.792. The van der Waals surface area contributed by atoms with Gasteiger partial charge in [-0.3, -0.25) is 0 Å². The van der Waals surface area contributed by atoms with Crippen molar-refractivity contribution in [3.05, 3.63) is 0 Å². The van der Waals surface area contributed by atoms with Crippen LogP contribution in [0.3, 0.4) is 0 Å². The van der Waals surface area contributed by atoms with Crippen molar-refractivity contribution in [2.24, 2.45) is 5.92 Å². The zero-order valence-corrected chi connectivity index (χ0v) is 4.81. The Balaban J connectivity index is 2.42. The molecule has 1 N–H and O–H groups in total. The summed E-state index contributed by atoms with van der Waals surface area (Å²) in [5.74, 6) is 0.713. The van der Waals surface area contributed by atoms with Crippen molar-refractivity contribution in [3.8, 4) is 0 Å². The van der Waals surface area contributed by atoms with Gasteiger partial charge >= 0.3 is 0 Å². The van der Waals surface area contributed by atoms with Gasteiger partial charge in [-0.25, -0.2) is 0 Å². The number of hydrogen-bond donors (Lipinski definition) is 1. The summed E-state index contributed by atoms with van der Waals surface area (Å²) < 4.78 is 0. The first-order chi connectivity index (χ1) is 3.29. The average molecular weight is 99.2 g/mol. The fraction of sp³-hybridized carbons (Fsp3) is 0.800. The smallest absolute Gasteiger partial charge is 0.172 e. The Morgan fingerprint density at radius 3 is 2.71 bits per heavy atom. The summed E-state index contributed by atoms with van der Waals surface area (Å²) in [6.45, 7) is 3.33. The second kappa shape index (κ2) is 1.52. The molecule has 0 aliphatic carbocycles. The monoisotopic (exact) mass is 99.1 g/mol. The van der Waals surface area contributed by atoms with Crippen molar-refractivity contribution < 1.29 is 5.10 Å². The number of hydrazone groups is 1. The minimum Gasteiger partial charge on any atom is -0.191 e. The molecule has 1 aliphatic rings. The molecular weight excluding hydrogens is 88.1 g/mol. The molecule has 0 bridgehead atoms. The molecule has 0 aromatic rings. The molecule has 1 atom stereocenters. The van der Waals surface area contributed by atoms with Crippen LogP contribution in [0.1, 0.15) is 6.92 Å². The minimum absolute atomic E-state index is 0.713. The van der Waals surface area contributed by atoms with Gasteiger partial charge < -0.3 is 0 Å². The second-order valence-corrected chi connectivity index (χ2v) is 2.15. The Bertz CT molecular complexity index is 78.1. The maximum atomic E-state index is 3.08. The van der Waals surface area contributed by atoms with E-state index in [0.29, 0.717) is 5.92 Å². The number of hydrazine groups is 1. The third kappa shape index (κ3) is 0.918. The molecule has 7 heavy (non-hydrogen) atoms. The number of hydrogen-bond acceptors (Lipinski definition) is 1. The third-order valence-corrected chi connectivity index (χ3v) is 1.14. The zero-order chi connectivity index (χ0) is 5.28. The molecule has 1 aliphatic heterocycles. The highest BCUT2D eigenvalue weighted by molar-refractivity contribution is 5.54.